The molecule has 100 valence electrons. The van der Waals surface area contributed by atoms with Crippen molar-refractivity contribution in [1.82, 2.24) is 20.2 Å². The van der Waals surface area contributed by atoms with Gasteiger partial charge in [0.05, 0.1) is 12.9 Å². The maximum atomic E-state index is 11.4. The summed E-state index contributed by atoms with van der Waals surface area (Å²) in [5, 5.41) is 6.12. The quantitative estimate of drug-likeness (QED) is 0.637. The minimum Gasteiger partial charge on any atom is -0.355 e. The summed E-state index contributed by atoms with van der Waals surface area (Å²) < 4.78 is 2.07. The van der Waals surface area contributed by atoms with E-state index in [4.69, 9.17) is 0 Å². The molecule has 0 spiro atoms. The molecule has 0 aliphatic heterocycles. The topological polar surface area (TPSA) is 59.0 Å². The van der Waals surface area contributed by atoms with Crippen molar-refractivity contribution in [2.45, 2.75) is 32.2 Å². The molecule has 1 aliphatic rings. The minimum absolute atomic E-state index is 0.122. The van der Waals surface area contributed by atoms with Crippen molar-refractivity contribution in [3.63, 3.8) is 0 Å². The van der Waals surface area contributed by atoms with E-state index in [-0.39, 0.29) is 5.91 Å². The van der Waals surface area contributed by atoms with Crippen molar-refractivity contribution in [3.8, 4) is 0 Å². The maximum absolute atomic E-state index is 11.4. The molecule has 0 atom stereocenters. The highest BCUT2D eigenvalue weighted by molar-refractivity contribution is 5.77. The van der Waals surface area contributed by atoms with Crippen molar-refractivity contribution < 1.29 is 4.79 Å². The summed E-state index contributed by atoms with van der Waals surface area (Å²) in [6, 6.07) is 0. The van der Waals surface area contributed by atoms with Crippen LogP contribution < -0.4 is 10.6 Å². The van der Waals surface area contributed by atoms with Gasteiger partial charge in [-0.2, -0.15) is 0 Å². The zero-order valence-corrected chi connectivity index (χ0v) is 10.8. The molecule has 0 bridgehead atoms. The first-order valence-electron chi connectivity index (χ1n) is 6.78. The summed E-state index contributed by atoms with van der Waals surface area (Å²) in [5.41, 5.74) is 0. The number of aryl methyl sites for hydroxylation is 1. The molecule has 0 unspecified atom stereocenters. The summed E-state index contributed by atoms with van der Waals surface area (Å²) >= 11 is 0. The Kier molecular flexibility index (Phi) is 5.20. The fraction of sp³-hybridized carbons (Fsp3) is 0.692. The lowest BCUT2D eigenvalue weighted by Crippen LogP contribution is -2.35. The lowest BCUT2D eigenvalue weighted by molar-refractivity contribution is -0.120. The summed E-state index contributed by atoms with van der Waals surface area (Å²) in [7, 11) is 0. The van der Waals surface area contributed by atoms with Crippen molar-refractivity contribution in [2.75, 3.05) is 19.6 Å². The van der Waals surface area contributed by atoms with E-state index in [0.717, 1.165) is 38.4 Å². The van der Waals surface area contributed by atoms with E-state index in [1.165, 1.54) is 12.8 Å². The van der Waals surface area contributed by atoms with Gasteiger partial charge in [-0.15, -0.1) is 0 Å². The minimum atomic E-state index is 0.122. The number of aromatic nitrogens is 2. The van der Waals surface area contributed by atoms with Gasteiger partial charge in [0.2, 0.25) is 5.91 Å². The molecule has 1 aromatic heterocycles. The third kappa shape index (κ3) is 5.31. The number of hydrogen-bond acceptors (Lipinski definition) is 3. The van der Waals surface area contributed by atoms with Gasteiger partial charge in [0.15, 0.2) is 0 Å². The lowest BCUT2D eigenvalue weighted by Gasteiger charge is -2.06. The summed E-state index contributed by atoms with van der Waals surface area (Å²) in [5.74, 6) is 0.876. The van der Waals surface area contributed by atoms with Crippen molar-refractivity contribution in [1.29, 1.82) is 0 Å². The van der Waals surface area contributed by atoms with E-state index in [1.807, 2.05) is 12.5 Å². The Hall–Kier alpha value is -1.36. The molecular formula is C13H22N4O. The summed E-state index contributed by atoms with van der Waals surface area (Å²) in [6.45, 7) is 3.19. The maximum Gasteiger partial charge on any atom is 0.233 e. The van der Waals surface area contributed by atoms with Gasteiger partial charge in [0.25, 0.3) is 0 Å². The van der Waals surface area contributed by atoms with Gasteiger partial charge in [-0.25, -0.2) is 4.98 Å². The van der Waals surface area contributed by atoms with Crippen LogP contribution in [0.5, 0.6) is 0 Å². The van der Waals surface area contributed by atoms with Crippen LogP contribution in [0, 0.1) is 5.92 Å². The summed E-state index contributed by atoms with van der Waals surface area (Å²) in [4.78, 5) is 15.4. The molecule has 0 radical (unpaired) electrons. The van der Waals surface area contributed by atoms with Gasteiger partial charge >= 0.3 is 0 Å². The number of nitrogens with zero attached hydrogens (tertiary/aromatic N) is 2. The zero-order valence-electron chi connectivity index (χ0n) is 10.8. The van der Waals surface area contributed by atoms with Gasteiger partial charge in [0.1, 0.15) is 0 Å². The zero-order chi connectivity index (χ0) is 12.6. The van der Waals surface area contributed by atoms with E-state index in [1.54, 1.807) is 6.20 Å². The number of carbonyl (C=O) groups is 1. The molecule has 1 saturated carbocycles. The van der Waals surface area contributed by atoms with Gasteiger partial charge in [-0.05, 0) is 38.1 Å². The van der Waals surface area contributed by atoms with Crippen molar-refractivity contribution in [2.24, 2.45) is 5.92 Å². The van der Waals surface area contributed by atoms with Crippen molar-refractivity contribution >= 4 is 5.91 Å². The first kappa shape index (κ1) is 13.1. The molecule has 2 N–H and O–H groups in total. The van der Waals surface area contributed by atoms with Crippen molar-refractivity contribution in [3.05, 3.63) is 18.7 Å². The highest BCUT2D eigenvalue weighted by Gasteiger charge is 2.21. The Balaban J connectivity index is 1.39. The summed E-state index contributed by atoms with van der Waals surface area (Å²) in [6.07, 6.45) is 10.3. The predicted molar refractivity (Wildman–Crippen MR) is 70.1 cm³/mol. The van der Waals surface area contributed by atoms with Crippen LogP contribution in [0.1, 0.15) is 25.7 Å². The number of hydrogen-bond donors (Lipinski definition) is 2. The Labute approximate surface area is 108 Å². The van der Waals surface area contributed by atoms with Gasteiger partial charge in [-0.1, -0.05) is 0 Å². The normalized spacial score (nSPS) is 14.7. The van der Waals surface area contributed by atoms with Crippen LogP contribution in [0.4, 0.5) is 0 Å². The SMILES string of the molecule is O=C(CNCCCCn1ccnc1)NCC1CC1. The lowest BCUT2D eigenvalue weighted by atomic mass is 10.3. The van der Waals surface area contributed by atoms with Crippen LogP contribution >= 0.6 is 0 Å². The Morgan fingerprint density at radius 3 is 3.00 bits per heavy atom. The highest BCUT2D eigenvalue weighted by atomic mass is 16.1. The molecule has 1 heterocycles. The van der Waals surface area contributed by atoms with Crippen LogP contribution in [-0.4, -0.2) is 35.1 Å². The Morgan fingerprint density at radius 2 is 2.28 bits per heavy atom. The average Bonchev–Trinajstić information content (AvgIpc) is 3.06. The second-order valence-corrected chi connectivity index (χ2v) is 4.93. The molecule has 5 heteroatoms. The molecule has 0 saturated heterocycles. The molecule has 18 heavy (non-hydrogen) atoms. The van der Waals surface area contributed by atoms with Crippen LogP contribution in [-0.2, 0) is 11.3 Å². The van der Waals surface area contributed by atoms with E-state index in [0.29, 0.717) is 6.54 Å². The third-order valence-corrected chi connectivity index (χ3v) is 3.15. The van der Waals surface area contributed by atoms with E-state index >= 15 is 0 Å². The van der Waals surface area contributed by atoms with Gasteiger partial charge in [-0.3, -0.25) is 4.79 Å². The monoisotopic (exact) mass is 250 g/mol. The highest BCUT2D eigenvalue weighted by Crippen LogP contribution is 2.27. The second kappa shape index (κ2) is 7.16. The second-order valence-electron chi connectivity index (χ2n) is 4.93. The number of amides is 1. The van der Waals surface area contributed by atoms with Crippen LogP contribution in [0.3, 0.4) is 0 Å². The molecule has 1 aliphatic carbocycles. The predicted octanol–water partition coefficient (Wildman–Crippen LogP) is 0.779. The molecule has 2 rings (SSSR count). The van der Waals surface area contributed by atoms with Crippen LogP contribution in [0.15, 0.2) is 18.7 Å². The fourth-order valence-corrected chi connectivity index (χ4v) is 1.81. The number of rotatable bonds is 9. The molecule has 0 aromatic carbocycles. The number of unbranched alkanes of at least 4 members (excludes halogenated alkanes) is 1. The fourth-order valence-electron chi connectivity index (χ4n) is 1.81. The third-order valence-electron chi connectivity index (χ3n) is 3.15. The van der Waals surface area contributed by atoms with Gasteiger partial charge < -0.3 is 15.2 Å². The van der Waals surface area contributed by atoms with Crippen LogP contribution in [0.2, 0.25) is 0 Å². The average molecular weight is 250 g/mol. The standard InChI is InChI=1S/C13H22N4O/c18-13(16-9-12-3-4-12)10-14-5-1-2-7-17-8-6-15-11-17/h6,8,11-12,14H,1-5,7,9-10H2,(H,16,18). The van der Waals surface area contributed by atoms with E-state index in [2.05, 4.69) is 20.2 Å². The van der Waals surface area contributed by atoms with E-state index < -0.39 is 0 Å². The molecule has 1 amide bonds. The first-order valence-corrected chi connectivity index (χ1v) is 6.78. The van der Waals surface area contributed by atoms with E-state index in [9.17, 15) is 4.79 Å². The van der Waals surface area contributed by atoms with Gasteiger partial charge in [0, 0.05) is 25.5 Å². The number of carbonyl (C=O) groups excluding carboxylic acids is 1. The number of imidazole rings is 1. The smallest absolute Gasteiger partial charge is 0.233 e. The Bertz CT molecular complexity index is 346. The first-order chi connectivity index (χ1) is 8.84. The molecule has 1 aromatic rings. The molecule has 1 fully saturated rings. The number of nitrogens with one attached hydrogen (secondary N) is 2. The molecular weight excluding hydrogens is 228 g/mol. The molecule has 5 nitrogen and oxygen atoms in total. The Morgan fingerprint density at radius 1 is 1.39 bits per heavy atom. The van der Waals surface area contributed by atoms with Crippen LogP contribution in [0.25, 0.3) is 0 Å². The largest absolute Gasteiger partial charge is 0.355 e.